The van der Waals surface area contributed by atoms with E-state index in [0.717, 1.165) is 12.5 Å². The first-order valence-corrected chi connectivity index (χ1v) is 8.18. The van der Waals surface area contributed by atoms with E-state index in [9.17, 15) is 23.4 Å². The Morgan fingerprint density at radius 3 is 2.27 bits per heavy atom. The molecule has 0 fully saturated rings. The van der Waals surface area contributed by atoms with Gasteiger partial charge in [-0.1, -0.05) is 24.3 Å². The van der Waals surface area contributed by atoms with E-state index in [4.69, 9.17) is 0 Å². The summed E-state index contributed by atoms with van der Waals surface area (Å²) in [7, 11) is 0. The lowest BCUT2D eigenvalue weighted by molar-refractivity contribution is -0.136. The highest BCUT2D eigenvalue weighted by molar-refractivity contribution is 5.90. The number of aromatic hydroxyl groups is 2. The zero-order valence-electron chi connectivity index (χ0n) is 13.3. The summed E-state index contributed by atoms with van der Waals surface area (Å²) in [6, 6.07) is 5.27. The summed E-state index contributed by atoms with van der Waals surface area (Å²) >= 11 is 0. The van der Waals surface area contributed by atoms with Crippen LogP contribution in [0.3, 0.4) is 0 Å². The van der Waals surface area contributed by atoms with Crippen LogP contribution >= 0.6 is 0 Å². The molecule has 2 heterocycles. The summed E-state index contributed by atoms with van der Waals surface area (Å²) in [5, 5.41) is 21.7. The second-order valence-corrected chi connectivity index (χ2v) is 6.67. The predicted octanol–water partition coefficient (Wildman–Crippen LogP) is 4.60. The first-order chi connectivity index (χ1) is 12.4. The zero-order valence-corrected chi connectivity index (χ0v) is 13.3. The molecule has 0 radical (unpaired) electrons. The number of hydrogen-bond donors (Lipinski definition) is 2. The van der Waals surface area contributed by atoms with Gasteiger partial charge in [0.25, 0.3) is 0 Å². The van der Waals surface area contributed by atoms with Crippen molar-refractivity contribution in [2.24, 2.45) is 0 Å². The topological polar surface area (TPSA) is 58.3 Å². The van der Waals surface area contributed by atoms with Gasteiger partial charge in [-0.2, -0.15) is 13.2 Å². The molecule has 132 valence electrons. The van der Waals surface area contributed by atoms with Crippen molar-refractivity contribution in [2.75, 3.05) is 0 Å². The number of hydrogen-bond acceptors (Lipinski definition) is 3. The number of nitrogens with zero attached hydrogens (tertiary/aromatic N) is 2. The minimum atomic E-state index is -4.54. The van der Waals surface area contributed by atoms with Crippen LogP contribution in [0.1, 0.15) is 34.9 Å². The predicted molar refractivity (Wildman–Crippen MR) is 88.6 cm³/mol. The van der Waals surface area contributed by atoms with E-state index < -0.39 is 11.7 Å². The maximum Gasteiger partial charge on any atom is 0.418 e. The second kappa shape index (κ2) is 4.81. The lowest BCUT2D eigenvalue weighted by atomic mass is 10.0. The van der Waals surface area contributed by atoms with Crippen LogP contribution in [0, 0.1) is 0 Å². The van der Waals surface area contributed by atoms with Crippen LogP contribution in [-0.4, -0.2) is 19.8 Å². The highest BCUT2D eigenvalue weighted by atomic mass is 19.4. The molecule has 3 aromatic rings. The number of halogens is 3. The molecule has 2 aromatic heterocycles. The van der Waals surface area contributed by atoms with Crippen LogP contribution in [-0.2, 0) is 6.18 Å². The van der Waals surface area contributed by atoms with Crippen molar-refractivity contribution in [1.29, 1.82) is 0 Å². The van der Waals surface area contributed by atoms with Gasteiger partial charge in [-0.3, -0.25) is 9.55 Å². The Kier molecular flexibility index (Phi) is 2.83. The van der Waals surface area contributed by atoms with Crippen molar-refractivity contribution in [1.82, 2.24) is 9.55 Å². The lowest BCUT2D eigenvalue weighted by Crippen LogP contribution is -2.07. The number of pyridine rings is 1. The fraction of sp³-hybridized carbons (Fsp3) is 0.211. The van der Waals surface area contributed by atoms with Gasteiger partial charge in [-0.15, -0.1) is 0 Å². The molecule has 0 unspecified atom stereocenters. The lowest BCUT2D eigenvalue weighted by Gasteiger charge is -2.14. The van der Waals surface area contributed by atoms with Crippen molar-refractivity contribution in [2.45, 2.75) is 24.4 Å². The summed E-state index contributed by atoms with van der Waals surface area (Å²) in [6.07, 6.45) is 1.49. The molecule has 2 bridgehead atoms. The van der Waals surface area contributed by atoms with Crippen molar-refractivity contribution in [3.05, 3.63) is 59.3 Å². The fourth-order valence-electron chi connectivity index (χ4n) is 4.25. The number of para-hydroxylation sites is 1. The molecule has 4 nitrogen and oxygen atoms in total. The summed E-state index contributed by atoms with van der Waals surface area (Å²) < 4.78 is 41.1. The van der Waals surface area contributed by atoms with Crippen molar-refractivity contribution >= 4 is 10.9 Å². The molecule has 0 saturated heterocycles. The van der Waals surface area contributed by atoms with Gasteiger partial charge < -0.3 is 10.2 Å². The normalized spacial score (nSPS) is 20.9. The van der Waals surface area contributed by atoms with E-state index in [1.54, 1.807) is 0 Å². The third-order valence-corrected chi connectivity index (χ3v) is 5.32. The summed E-state index contributed by atoms with van der Waals surface area (Å²) in [5.74, 6) is -0.194. The quantitative estimate of drug-likeness (QED) is 0.625. The molecule has 0 spiro atoms. The van der Waals surface area contributed by atoms with Crippen LogP contribution in [0.5, 0.6) is 11.8 Å². The first-order valence-electron chi connectivity index (χ1n) is 8.18. The SMILES string of the molecule is Oc1c2c(c(O)n1-c1ccnc3c(C(F)(F)F)cccc13)[C@H]1C=C[C@@H]2C1. The molecular weight excluding hydrogens is 345 g/mol. The van der Waals surface area contributed by atoms with Crippen molar-refractivity contribution < 1.29 is 23.4 Å². The number of aromatic nitrogens is 2. The van der Waals surface area contributed by atoms with Crippen LogP contribution in [0.2, 0.25) is 0 Å². The Bertz CT molecular complexity index is 1060. The van der Waals surface area contributed by atoms with Crippen molar-refractivity contribution in [3.8, 4) is 17.4 Å². The van der Waals surface area contributed by atoms with E-state index in [1.807, 2.05) is 12.2 Å². The number of fused-ring (bicyclic) bond motifs is 6. The van der Waals surface area contributed by atoms with Gasteiger partial charge in [0.15, 0.2) is 0 Å². The summed E-state index contributed by atoms with van der Waals surface area (Å²) in [4.78, 5) is 3.89. The van der Waals surface area contributed by atoms with E-state index in [1.165, 1.54) is 29.0 Å². The van der Waals surface area contributed by atoms with Crippen LogP contribution in [0.15, 0.2) is 42.6 Å². The molecule has 7 heteroatoms. The van der Waals surface area contributed by atoms with Crippen molar-refractivity contribution in [3.63, 3.8) is 0 Å². The van der Waals surface area contributed by atoms with E-state index >= 15 is 0 Å². The average Bonchev–Trinajstić information content (AvgIpc) is 3.27. The molecule has 0 amide bonds. The van der Waals surface area contributed by atoms with Gasteiger partial charge in [-0.05, 0) is 18.6 Å². The Labute approximate surface area is 145 Å². The molecule has 0 aliphatic heterocycles. The molecule has 2 N–H and O–H groups in total. The Morgan fingerprint density at radius 2 is 1.65 bits per heavy atom. The Morgan fingerprint density at radius 1 is 1.00 bits per heavy atom. The van der Waals surface area contributed by atoms with Crippen LogP contribution in [0.25, 0.3) is 16.6 Å². The van der Waals surface area contributed by atoms with Gasteiger partial charge in [0.05, 0.1) is 16.8 Å². The molecule has 0 saturated carbocycles. The average molecular weight is 358 g/mol. The number of benzene rings is 1. The fourth-order valence-corrected chi connectivity index (χ4v) is 4.25. The molecule has 26 heavy (non-hydrogen) atoms. The van der Waals surface area contributed by atoms with Gasteiger partial charge in [0.2, 0.25) is 11.8 Å². The van der Waals surface area contributed by atoms with Gasteiger partial charge in [-0.25, -0.2) is 0 Å². The highest BCUT2D eigenvalue weighted by Crippen LogP contribution is 2.57. The maximum atomic E-state index is 13.3. The van der Waals surface area contributed by atoms with E-state index in [-0.39, 0.29) is 40.2 Å². The van der Waals surface area contributed by atoms with Crippen LogP contribution < -0.4 is 0 Å². The maximum absolute atomic E-state index is 13.3. The molecule has 2 aliphatic carbocycles. The highest BCUT2D eigenvalue weighted by Gasteiger charge is 2.41. The summed E-state index contributed by atoms with van der Waals surface area (Å²) in [6.45, 7) is 0. The first kappa shape index (κ1) is 15.3. The monoisotopic (exact) mass is 358 g/mol. The number of allylic oxidation sites excluding steroid dienone is 2. The number of rotatable bonds is 1. The molecule has 2 atom stereocenters. The minimum absolute atomic E-state index is 0.0287. The Balaban J connectivity index is 1.81. The Hall–Kier alpha value is -2.96. The standard InChI is InChI=1S/C19H13F3N2O2/c20-19(21,22)12-3-1-2-11-13(6-7-23-16(11)12)24-17(25)14-9-4-5-10(8-9)15(14)18(24)26/h1-7,9-10,25-26H,8H2/t9-,10+. The van der Waals surface area contributed by atoms with Gasteiger partial charge in [0, 0.05) is 34.5 Å². The van der Waals surface area contributed by atoms with Gasteiger partial charge >= 0.3 is 6.18 Å². The zero-order chi connectivity index (χ0) is 18.2. The van der Waals surface area contributed by atoms with Gasteiger partial charge in [0.1, 0.15) is 0 Å². The third-order valence-electron chi connectivity index (χ3n) is 5.32. The minimum Gasteiger partial charge on any atom is -0.494 e. The summed E-state index contributed by atoms with van der Waals surface area (Å²) in [5.41, 5.74) is 0.521. The number of alkyl halides is 3. The van der Waals surface area contributed by atoms with E-state index in [0.29, 0.717) is 11.1 Å². The van der Waals surface area contributed by atoms with Crippen LogP contribution in [0.4, 0.5) is 13.2 Å². The second-order valence-electron chi connectivity index (χ2n) is 6.67. The largest absolute Gasteiger partial charge is 0.494 e. The molecule has 1 aromatic carbocycles. The molecule has 5 rings (SSSR count). The molecule has 2 aliphatic rings. The van der Waals surface area contributed by atoms with E-state index in [2.05, 4.69) is 4.98 Å². The smallest absolute Gasteiger partial charge is 0.418 e. The molecular formula is C19H13F3N2O2. The third kappa shape index (κ3) is 1.83.